The number of guanidine groups is 1. The zero-order valence-electron chi connectivity index (χ0n) is 4.98. The summed E-state index contributed by atoms with van der Waals surface area (Å²) in [5, 5.41) is 5.61. The highest BCUT2D eigenvalue weighted by atomic mass is 17.1. The maximum absolute atomic E-state index is 9.40. The van der Waals surface area contributed by atoms with E-state index in [9.17, 15) is 4.91 Å². The molecule has 0 aliphatic heterocycles. The summed E-state index contributed by atoms with van der Waals surface area (Å²) in [6.07, 6.45) is 0. The van der Waals surface area contributed by atoms with Gasteiger partial charge in [-0.2, -0.15) is 0 Å². The van der Waals surface area contributed by atoms with Gasteiger partial charge in [0.15, 0.2) is 5.96 Å². The molecule has 0 spiro atoms. The van der Waals surface area contributed by atoms with Gasteiger partial charge in [-0.3, -0.25) is 5.41 Å². The number of rotatable bonds is 2. The van der Waals surface area contributed by atoms with E-state index in [1.807, 2.05) is 0 Å². The van der Waals surface area contributed by atoms with Crippen molar-refractivity contribution in [2.75, 3.05) is 0 Å². The maximum Gasteiger partial charge on any atom is 0.519 e. The van der Waals surface area contributed by atoms with Crippen molar-refractivity contribution < 1.29 is 15.0 Å². The fraction of sp³-hybridized carbons (Fsp3) is 0. The third-order valence-electron chi connectivity index (χ3n) is 0.172. The molecular weight excluding hydrogens is 144 g/mol. The van der Waals surface area contributed by atoms with Crippen LogP contribution in [0, 0.1) is 10.3 Å². The topological polar surface area (TPSA) is 166 Å². The van der Waals surface area contributed by atoms with Crippen LogP contribution in [0.2, 0.25) is 0 Å². The lowest BCUT2D eigenvalue weighted by Crippen LogP contribution is -2.20. The van der Waals surface area contributed by atoms with Gasteiger partial charge < -0.3 is 11.5 Å². The lowest BCUT2D eigenvalue weighted by Gasteiger charge is -1.71. The summed E-state index contributed by atoms with van der Waals surface area (Å²) in [6.45, 7) is 0. The summed E-state index contributed by atoms with van der Waals surface area (Å²) in [7, 11) is 0. The zero-order chi connectivity index (χ0) is 8.57. The van der Waals surface area contributed by atoms with Crippen LogP contribution in [-0.2, 0) is 9.88 Å². The Kier molecular flexibility index (Phi) is 8.29. The van der Waals surface area contributed by atoms with E-state index in [4.69, 9.17) is 5.41 Å². The molecule has 0 unspecified atom stereocenters. The molecule has 0 radical (unpaired) electrons. The van der Waals surface area contributed by atoms with Gasteiger partial charge in [-0.1, -0.05) is 21.7 Å². The average molecular weight is 153 g/mol. The summed E-state index contributed by atoms with van der Waals surface area (Å²) >= 11 is 0. The van der Waals surface area contributed by atoms with Crippen LogP contribution in [0.3, 0.4) is 0 Å². The van der Waals surface area contributed by atoms with Crippen LogP contribution < -0.4 is 23.3 Å². The summed E-state index contributed by atoms with van der Waals surface area (Å²) in [5.41, 5.74) is 8.94. The lowest BCUT2D eigenvalue weighted by molar-refractivity contribution is -0.987. The molecule has 9 heteroatoms. The van der Waals surface area contributed by atoms with E-state index in [0.29, 0.717) is 0 Å². The second-order valence-corrected chi connectivity index (χ2v) is 0.890. The molecule has 0 atom stereocenters. The molecule has 0 heterocycles. The molecule has 0 amide bonds. The van der Waals surface area contributed by atoms with Gasteiger partial charge >= 0.3 is 5.09 Å². The molecule has 0 rings (SSSR count). The van der Waals surface area contributed by atoms with Crippen LogP contribution in [0.5, 0.6) is 0 Å². The molecule has 0 saturated carbocycles. The van der Waals surface area contributed by atoms with Crippen LogP contribution in [0.4, 0.5) is 0 Å². The van der Waals surface area contributed by atoms with E-state index in [1.54, 1.807) is 0 Å². The molecule has 0 aromatic carbocycles. The first-order valence-electron chi connectivity index (χ1n) is 1.85. The van der Waals surface area contributed by atoms with E-state index in [2.05, 4.69) is 33.1 Å². The molecule has 0 fully saturated rings. The summed E-state index contributed by atoms with van der Waals surface area (Å²) < 4.78 is 0. The van der Waals surface area contributed by atoms with Gasteiger partial charge in [0.1, 0.15) is 4.91 Å². The first-order chi connectivity index (χ1) is 4.54. The van der Waals surface area contributed by atoms with E-state index in [1.165, 1.54) is 0 Å². The first-order valence-corrected chi connectivity index (χ1v) is 1.85. The Morgan fingerprint density at radius 1 is 1.30 bits per heavy atom. The monoisotopic (exact) mass is 153 g/mol. The highest BCUT2D eigenvalue weighted by Crippen LogP contribution is 1.58. The standard InChI is InChI=1S/CH5N3.H4N3O3/c2-1(3)4;1-5-3(4)6-2/h(H5,2,3,4);1-2H2/q;+1. The quantitative estimate of drug-likeness (QED) is 0.162. The smallest absolute Gasteiger partial charge is 0.370 e. The van der Waals surface area contributed by atoms with Crippen molar-refractivity contribution in [3.05, 3.63) is 4.91 Å². The molecule has 0 aliphatic carbocycles. The Balaban J connectivity index is 0. The van der Waals surface area contributed by atoms with E-state index < -0.39 is 5.09 Å². The maximum atomic E-state index is 9.40. The first kappa shape index (κ1) is 11.2. The van der Waals surface area contributed by atoms with Gasteiger partial charge in [0.25, 0.3) is 0 Å². The van der Waals surface area contributed by atoms with Gasteiger partial charge in [0.05, 0.1) is 0 Å². The third kappa shape index (κ3) is 32.5. The number of hydrogen-bond donors (Lipinski definition) is 5. The molecule has 0 aliphatic rings. The minimum Gasteiger partial charge on any atom is -0.370 e. The summed E-state index contributed by atoms with van der Waals surface area (Å²) in [5.74, 6) is 8.05. The Labute approximate surface area is 55.7 Å². The number of nitrogens with zero attached hydrogens (tertiary/aromatic N) is 1. The van der Waals surface area contributed by atoms with Crippen LogP contribution in [-0.4, -0.2) is 11.0 Å². The largest absolute Gasteiger partial charge is 0.519 e. The molecule has 0 aromatic heterocycles. The van der Waals surface area contributed by atoms with Crippen LogP contribution in [0.15, 0.2) is 0 Å². The molecule has 60 valence electrons. The highest BCUT2D eigenvalue weighted by molar-refractivity contribution is 5.71. The Morgan fingerprint density at radius 2 is 1.50 bits per heavy atom. The van der Waals surface area contributed by atoms with E-state index >= 15 is 0 Å². The van der Waals surface area contributed by atoms with Crippen molar-refractivity contribution in [1.82, 2.24) is 0 Å². The molecule has 9 N–H and O–H groups in total. The van der Waals surface area contributed by atoms with Crippen molar-refractivity contribution in [2.24, 2.45) is 23.3 Å². The Hall–Kier alpha value is -1.61. The molecule has 9 nitrogen and oxygen atoms in total. The SMILES string of the molecule is N=C(N)N.NO[N+](=O)ON. The van der Waals surface area contributed by atoms with Crippen LogP contribution in [0.1, 0.15) is 0 Å². The van der Waals surface area contributed by atoms with E-state index in [-0.39, 0.29) is 5.96 Å². The molecule has 0 aromatic rings. The highest BCUT2D eigenvalue weighted by Gasteiger charge is 2.02. The van der Waals surface area contributed by atoms with Crippen molar-refractivity contribution in [3.63, 3.8) is 0 Å². The van der Waals surface area contributed by atoms with Gasteiger partial charge in [0, 0.05) is 0 Å². The second kappa shape index (κ2) is 7.39. The van der Waals surface area contributed by atoms with Gasteiger partial charge in [-0.15, -0.1) is 0 Å². The lowest BCUT2D eigenvalue weighted by atomic mass is 11.1. The number of nitrogens with one attached hydrogen (secondary N) is 1. The third-order valence-corrected chi connectivity index (χ3v) is 0.172. The Bertz CT molecular complexity index is 102. The summed E-state index contributed by atoms with van der Waals surface area (Å²) in [4.78, 5) is 16.1. The minimum absolute atomic E-state index is 0.333. The molecule has 0 bridgehead atoms. The number of hydrogen-bond acceptors (Lipinski definition) is 6. The fourth-order valence-electron chi connectivity index (χ4n) is 0.0248. The van der Waals surface area contributed by atoms with Gasteiger partial charge in [0.2, 0.25) is 0 Å². The molecule has 0 saturated heterocycles. The molecule has 10 heavy (non-hydrogen) atoms. The van der Waals surface area contributed by atoms with Crippen molar-refractivity contribution in [1.29, 1.82) is 5.41 Å². The van der Waals surface area contributed by atoms with Gasteiger partial charge in [-0.25, -0.2) is 0 Å². The van der Waals surface area contributed by atoms with Crippen molar-refractivity contribution in [3.8, 4) is 0 Å². The van der Waals surface area contributed by atoms with Gasteiger partial charge in [-0.05, 0) is 0 Å². The fourth-order valence-corrected chi connectivity index (χ4v) is 0.0248. The van der Waals surface area contributed by atoms with E-state index in [0.717, 1.165) is 0 Å². The van der Waals surface area contributed by atoms with Crippen molar-refractivity contribution in [2.45, 2.75) is 0 Å². The van der Waals surface area contributed by atoms with Crippen LogP contribution >= 0.6 is 0 Å². The number of nitrogens with two attached hydrogens (primary N) is 4. The minimum atomic E-state index is -0.444. The predicted molar refractivity (Wildman–Crippen MR) is 30.3 cm³/mol. The Morgan fingerprint density at radius 3 is 1.50 bits per heavy atom. The average Bonchev–Trinajstić information content (AvgIpc) is 1.85. The van der Waals surface area contributed by atoms with Crippen molar-refractivity contribution >= 4 is 5.96 Å². The normalized spacial score (nSPS) is 6.60. The summed E-state index contributed by atoms with van der Waals surface area (Å²) in [6, 6.07) is 0. The predicted octanol–water partition coefficient (Wildman–Crippen LogP) is -2.79. The molecular formula is CH9N6O3+. The van der Waals surface area contributed by atoms with Crippen LogP contribution in [0.25, 0.3) is 0 Å². The zero-order valence-corrected chi connectivity index (χ0v) is 4.98. The second-order valence-electron chi connectivity index (χ2n) is 0.890.